The molecule has 3 atom stereocenters. The fraction of sp³-hybridized carbons (Fsp3) is 0.367. The highest BCUT2D eigenvalue weighted by molar-refractivity contribution is 7.92. The Kier molecular flexibility index (Phi) is 9.80. The van der Waals surface area contributed by atoms with Crippen molar-refractivity contribution >= 4 is 33.2 Å². The molecule has 3 aromatic carbocycles. The molecule has 3 aromatic rings. The van der Waals surface area contributed by atoms with Gasteiger partial charge in [-0.25, -0.2) is 8.42 Å². The molecule has 4 rings (SSSR count). The molecule has 41 heavy (non-hydrogen) atoms. The van der Waals surface area contributed by atoms with E-state index < -0.39 is 22.2 Å². The van der Waals surface area contributed by atoms with Crippen LogP contribution in [0.1, 0.15) is 29.8 Å². The molecule has 0 bridgehead atoms. The lowest BCUT2D eigenvalue weighted by Crippen LogP contribution is -2.49. The highest BCUT2D eigenvalue weighted by Crippen LogP contribution is 2.36. The second-order valence-corrected chi connectivity index (χ2v) is 12.5. The van der Waals surface area contributed by atoms with Crippen molar-refractivity contribution in [3.8, 4) is 11.5 Å². The number of carbonyl (C=O) groups excluding carboxylic acids is 1. The summed E-state index contributed by atoms with van der Waals surface area (Å²) < 4.78 is 40.9. The van der Waals surface area contributed by atoms with E-state index in [9.17, 15) is 18.3 Å². The summed E-state index contributed by atoms with van der Waals surface area (Å²) in [5.74, 6) is 0.451. The Hall–Kier alpha value is -3.31. The van der Waals surface area contributed by atoms with Gasteiger partial charge >= 0.3 is 0 Å². The Morgan fingerprint density at radius 1 is 1.15 bits per heavy atom. The van der Waals surface area contributed by atoms with Crippen molar-refractivity contribution in [2.75, 3.05) is 38.6 Å². The van der Waals surface area contributed by atoms with Gasteiger partial charge in [-0.1, -0.05) is 36.7 Å². The maximum Gasteiger partial charge on any atom is 0.262 e. The summed E-state index contributed by atoms with van der Waals surface area (Å²) in [4.78, 5) is 17.5. The number of nitrogens with zero attached hydrogens (tertiary/aromatic N) is 2. The summed E-state index contributed by atoms with van der Waals surface area (Å²) in [5, 5.41) is 10.3. The van der Waals surface area contributed by atoms with Gasteiger partial charge in [0.25, 0.3) is 15.9 Å². The molecule has 0 fully saturated rings. The summed E-state index contributed by atoms with van der Waals surface area (Å²) in [6, 6.07) is 18.0. The number of aliphatic hydroxyl groups excluding tert-OH is 1. The summed E-state index contributed by atoms with van der Waals surface area (Å²) in [7, 11) is -0.404. The van der Waals surface area contributed by atoms with Crippen molar-refractivity contribution in [1.82, 2.24) is 9.80 Å². The van der Waals surface area contributed by atoms with E-state index in [-0.39, 0.29) is 40.3 Å². The second kappa shape index (κ2) is 13.1. The van der Waals surface area contributed by atoms with Gasteiger partial charge < -0.3 is 19.5 Å². The predicted octanol–water partition coefficient (Wildman–Crippen LogP) is 4.50. The number of hydrogen-bond donors (Lipinski definition) is 2. The molecule has 2 N–H and O–H groups in total. The molecule has 1 amide bonds. The first-order chi connectivity index (χ1) is 19.5. The van der Waals surface area contributed by atoms with E-state index in [1.165, 1.54) is 24.3 Å². The minimum Gasteiger partial charge on any atom is -0.497 e. The first kappa shape index (κ1) is 30.6. The van der Waals surface area contributed by atoms with Gasteiger partial charge in [0.2, 0.25) is 0 Å². The number of nitrogens with one attached hydrogen (secondary N) is 1. The van der Waals surface area contributed by atoms with E-state index in [2.05, 4.69) is 9.62 Å². The molecule has 11 heteroatoms. The Morgan fingerprint density at radius 3 is 2.46 bits per heavy atom. The molecule has 0 unspecified atom stereocenters. The number of aliphatic hydroxyl groups is 1. The van der Waals surface area contributed by atoms with Crippen LogP contribution in [-0.4, -0.2) is 75.2 Å². The van der Waals surface area contributed by atoms with Crippen LogP contribution in [0, 0.1) is 5.92 Å². The lowest BCUT2D eigenvalue weighted by molar-refractivity contribution is 0.0344. The van der Waals surface area contributed by atoms with Gasteiger partial charge in [0.15, 0.2) is 5.75 Å². The molecule has 0 saturated carbocycles. The molecule has 0 aromatic heterocycles. The van der Waals surface area contributed by atoms with Crippen LogP contribution < -0.4 is 14.2 Å². The molecule has 1 aliphatic rings. The van der Waals surface area contributed by atoms with Gasteiger partial charge in [-0.3, -0.25) is 14.4 Å². The average molecular weight is 602 g/mol. The summed E-state index contributed by atoms with van der Waals surface area (Å²) in [5.41, 5.74) is 1.46. The number of methoxy groups -OCH3 is 1. The van der Waals surface area contributed by atoms with Crippen molar-refractivity contribution < 1.29 is 27.8 Å². The fourth-order valence-electron chi connectivity index (χ4n) is 4.77. The number of likely N-dealkylation sites (N-methyl/N-ethyl adjacent to an activating group) is 1. The number of anilines is 1. The highest BCUT2D eigenvalue weighted by Gasteiger charge is 2.35. The molecule has 9 nitrogen and oxygen atoms in total. The first-order valence-electron chi connectivity index (χ1n) is 13.3. The first-order valence-corrected chi connectivity index (χ1v) is 15.2. The minimum absolute atomic E-state index is 0.0244. The normalized spacial score (nSPS) is 18.2. The van der Waals surface area contributed by atoms with Crippen molar-refractivity contribution in [1.29, 1.82) is 0 Å². The van der Waals surface area contributed by atoms with Crippen molar-refractivity contribution in [3.05, 3.63) is 82.9 Å². The predicted molar refractivity (Wildman–Crippen MR) is 159 cm³/mol. The number of fused-ring (bicyclic) bond motifs is 1. The van der Waals surface area contributed by atoms with E-state index >= 15 is 0 Å². The molecular weight excluding hydrogens is 566 g/mol. The number of para-hydroxylation sites is 1. The Morgan fingerprint density at radius 2 is 1.83 bits per heavy atom. The van der Waals surface area contributed by atoms with E-state index in [0.717, 1.165) is 11.3 Å². The van der Waals surface area contributed by atoms with Crippen molar-refractivity contribution in [3.63, 3.8) is 0 Å². The number of carbonyl (C=O) groups is 1. The van der Waals surface area contributed by atoms with E-state index in [0.29, 0.717) is 24.7 Å². The topological polar surface area (TPSA) is 108 Å². The van der Waals surface area contributed by atoms with Gasteiger partial charge in [-0.05, 0) is 68.1 Å². The van der Waals surface area contributed by atoms with E-state index in [1.54, 1.807) is 37.1 Å². The van der Waals surface area contributed by atoms with Crippen LogP contribution >= 0.6 is 11.6 Å². The third kappa shape index (κ3) is 7.32. The van der Waals surface area contributed by atoms with E-state index in [1.807, 2.05) is 38.2 Å². The summed E-state index contributed by atoms with van der Waals surface area (Å²) in [6.45, 7) is 5.07. The average Bonchev–Trinajstić information content (AvgIpc) is 2.95. The lowest BCUT2D eigenvalue weighted by atomic mass is 9.99. The molecule has 0 aliphatic carbocycles. The van der Waals surface area contributed by atoms with Crippen LogP contribution in [0.2, 0.25) is 5.02 Å². The molecule has 220 valence electrons. The quantitative estimate of drug-likeness (QED) is 0.352. The Balaban J connectivity index is 1.68. The zero-order chi connectivity index (χ0) is 29.7. The Bertz CT molecular complexity index is 1450. The van der Waals surface area contributed by atoms with Crippen LogP contribution in [0.15, 0.2) is 71.6 Å². The van der Waals surface area contributed by atoms with Crippen LogP contribution in [0.3, 0.4) is 0 Å². The number of halogens is 1. The van der Waals surface area contributed by atoms with Gasteiger partial charge in [0, 0.05) is 30.6 Å². The smallest absolute Gasteiger partial charge is 0.262 e. The van der Waals surface area contributed by atoms with Gasteiger partial charge in [-0.15, -0.1) is 0 Å². The van der Waals surface area contributed by atoms with Crippen LogP contribution in [0.5, 0.6) is 11.5 Å². The maximum atomic E-state index is 13.7. The zero-order valence-corrected chi connectivity index (χ0v) is 25.2. The lowest BCUT2D eigenvalue weighted by Gasteiger charge is -2.38. The van der Waals surface area contributed by atoms with Crippen LogP contribution in [0.25, 0.3) is 0 Å². The highest BCUT2D eigenvalue weighted by atomic mass is 35.5. The molecule has 0 radical (unpaired) electrons. The number of rotatable bonds is 10. The minimum atomic E-state index is -4.01. The maximum absolute atomic E-state index is 13.7. The van der Waals surface area contributed by atoms with Gasteiger partial charge in [-0.2, -0.15) is 0 Å². The van der Waals surface area contributed by atoms with Crippen molar-refractivity contribution in [2.45, 2.75) is 37.4 Å². The third-order valence-corrected chi connectivity index (χ3v) is 8.80. The number of amides is 1. The molecular formula is C30H36ClN3O6S. The summed E-state index contributed by atoms with van der Waals surface area (Å²) >= 11 is 5.95. The van der Waals surface area contributed by atoms with Crippen LogP contribution in [-0.2, 0) is 16.6 Å². The monoisotopic (exact) mass is 601 g/mol. The van der Waals surface area contributed by atoms with Crippen molar-refractivity contribution in [2.24, 2.45) is 5.92 Å². The summed E-state index contributed by atoms with van der Waals surface area (Å²) in [6.07, 6.45) is -0.403. The largest absolute Gasteiger partial charge is 0.497 e. The van der Waals surface area contributed by atoms with Gasteiger partial charge in [0.1, 0.15) is 11.9 Å². The molecule has 1 heterocycles. The Labute approximate surface area is 246 Å². The third-order valence-electron chi connectivity index (χ3n) is 7.16. The number of benzene rings is 3. The fourth-order valence-corrected chi connectivity index (χ4v) is 5.96. The number of hydrogen-bond acceptors (Lipinski definition) is 7. The second-order valence-electron chi connectivity index (χ2n) is 10.4. The van der Waals surface area contributed by atoms with E-state index in [4.69, 9.17) is 21.1 Å². The number of ether oxygens (including phenoxy) is 2. The standard InChI is InChI=1S/C30H36ClN3O6S/c1-20-16-34(21(2)19-35)30(36)26-6-5-7-27(32-41(37,38)25-14-10-23(31)11-15-25)29(26)40-28(20)18-33(3)17-22-8-12-24(39-4)13-9-22/h5-15,20-21,28,32,35H,16-19H2,1-4H3/t20-,21+,28+/m0/s1. The van der Waals surface area contributed by atoms with Gasteiger partial charge in [0.05, 0.1) is 35.9 Å². The molecule has 1 aliphatic heterocycles. The number of sulfonamides is 1. The molecule has 0 spiro atoms. The SMILES string of the molecule is COc1ccc(CN(C)C[C@H]2Oc3c(NS(=O)(=O)c4ccc(Cl)cc4)cccc3C(=O)N([C@H](C)CO)C[C@@H]2C)cc1. The zero-order valence-electron chi connectivity index (χ0n) is 23.6. The van der Waals surface area contributed by atoms with Crippen LogP contribution in [0.4, 0.5) is 5.69 Å². The molecule has 0 saturated heterocycles.